The summed E-state index contributed by atoms with van der Waals surface area (Å²) in [5.41, 5.74) is 0.982. The number of carbonyl (C=O) groups is 1. The van der Waals surface area contributed by atoms with E-state index in [1.807, 2.05) is 13.0 Å². The smallest absolute Gasteiger partial charge is 0.138 e. The van der Waals surface area contributed by atoms with Crippen LogP contribution in [-0.4, -0.2) is 24.2 Å². The van der Waals surface area contributed by atoms with Crippen LogP contribution in [0.4, 0.5) is 0 Å². The zero-order valence-corrected chi connectivity index (χ0v) is 10.1. The number of carbonyl (C=O) groups excluding carboxylic acids is 1. The molecule has 5 heteroatoms. The lowest BCUT2D eigenvalue weighted by atomic mass is 9.93. The van der Waals surface area contributed by atoms with Crippen molar-refractivity contribution in [3.8, 4) is 0 Å². The quantitative estimate of drug-likeness (QED) is 0.724. The zero-order chi connectivity index (χ0) is 12.3. The van der Waals surface area contributed by atoms with Crippen molar-refractivity contribution in [2.45, 2.75) is 32.7 Å². The molecule has 5 nitrogen and oxygen atoms in total. The summed E-state index contributed by atoms with van der Waals surface area (Å²) in [5.74, 6) is 0.208. The Morgan fingerprint density at radius 2 is 2.29 bits per heavy atom. The molecule has 1 aliphatic rings. The SMILES string of the molecule is Cc1cc(C[NH+]2CCC(CC(=O)[O-])CC2)no1. The summed E-state index contributed by atoms with van der Waals surface area (Å²) in [6.45, 7) is 4.76. The molecule has 1 aromatic heterocycles. The maximum Gasteiger partial charge on any atom is 0.138 e. The summed E-state index contributed by atoms with van der Waals surface area (Å²) in [6.07, 6.45) is 2.12. The standard InChI is InChI=1S/C12H18N2O3/c1-9-6-11(13-17-9)8-14-4-2-10(3-5-14)7-12(15)16/h6,10H,2-5,7-8H2,1H3,(H,15,16). The Labute approximate surface area is 100 Å². The van der Waals surface area contributed by atoms with Crippen molar-refractivity contribution in [3.63, 3.8) is 0 Å². The van der Waals surface area contributed by atoms with Crippen molar-refractivity contribution in [1.29, 1.82) is 0 Å². The molecule has 0 aliphatic carbocycles. The molecular weight excluding hydrogens is 220 g/mol. The van der Waals surface area contributed by atoms with E-state index in [-0.39, 0.29) is 6.42 Å². The van der Waals surface area contributed by atoms with Gasteiger partial charge in [0.1, 0.15) is 18.0 Å². The molecule has 1 fully saturated rings. The second kappa shape index (κ2) is 5.31. The monoisotopic (exact) mass is 238 g/mol. The minimum Gasteiger partial charge on any atom is -0.550 e. The van der Waals surface area contributed by atoms with E-state index in [9.17, 15) is 9.90 Å². The number of aliphatic carboxylic acids is 1. The second-order valence-corrected chi connectivity index (χ2v) is 4.88. The predicted molar refractivity (Wildman–Crippen MR) is 58.0 cm³/mol. The van der Waals surface area contributed by atoms with Crippen molar-refractivity contribution in [2.75, 3.05) is 13.1 Å². The van der Waals surface area contributed by atoms with Gasteiger partial charge in [0.05, 0.1) is 13.1 Å². The first-order valence-corrected chi connectivity index (χ1v) is 6.09. The molecule has 94 valence electrons. The van der Waals surface area contributed by atoms with Gasteiger partial charge in [0, 0.05) is 12.0 Å². The predicted octanol–water partition coefficient (Wildman–Crippen LogP) is -1.08. The largest absolute Gasteiger partial charge is 0.550 e. The minimum atomic E-state index is -0.925. The van der Waals surface area contributed by atoms with Crippen LogP contribution in [0, 0.1) is 12.8 Å². The molecule has 0 spiro atoms. The lowest BCUT2D eigenvalue weighted by Crippen LogP contribution is -3.11. The van der Waals surface area contributed by atoms with Crippen LogP contribution in [0.2, 0.25) is 0 Å². The van der Waals surface area contributed by atoms with Gasteiger partial charge in [0.15, 0.2) is 0 Å². The highest BCUT2D eigenvalue weighted by molar-refractivity contribution is 5.64. The highest BCUT2D eigenvalue weighted by Gasteiger charge is 2.22. The van der Waals surface area contributed by atoms with E-state index in [2.05, 4.69) is 5.16 Å². The molecule has 0 saturated carbocycles. The first-order chi connectivity index (χ1) is 8.13. The van der Waals surface area contributed by atoms with Gasteiger partial charge in [-0.3, -0.25) is 0 Å². The fourth-order valence-electron chi connectivity index (χ4n) is 2.46. The first-order valence-electron chi connectivity index (χ1n) is 6.09. The van der Waals surface area contributed by atoms with Crippen LogP contribution in [0.3, 0.4) is 0 Å². The number of aryl methyl sites for hydroxylation is 1. The summed E-state index contributed by atoms with van der Waals surface area (Å²) in [4.78, 5) is 12.0. The van der Waals surface area contributed by atoms with Gasteiger partial charge in [-0.2, -0.15) is 0 Å². The summed E-state index contributed by atoms with van der Waals surface area (Å²) in [7, 11) is 0. The molecule has 1 aliphatic heterocycles. The summed E-state index contributed by atoms with van der Waals surface area (Å²) in [5, 5.41) is 14.5. The van der Waals surface area contributed by atoms with E-state index >= 15 is 0 Å². The van der Waals surface area contributed by atoms with Crippen LogP contribution in [0.5, 0.6) is 0 Å². The third-order valence-electron chi connectivity index (χ3n) is 3.38. The molecule has 1 saturated heterocycles. The number of quaternary nitrogens is 1. The maximum absolute atomic E-state index is 10.5. The summed E-state index contributed by atoms with van der Waals surface area (Å²) < 4.78 is 5.03. The number of hydrogen-bond acceptors (Lipinski definition) is 4. The number of carboxylic acid groups (broad SMARTS) is 1. The fourth-order valence-corrected chi connectivity index (χ4v) is 2.46. The highest BCUT2D eigenvalue weighted by atomic mass is 16.5. The molecule has 0 amide bonds. The molecule has 1 aromatic rings. The van der Waals surface area contributed by atoms with Crippen molar-refractivity contribution in [1.82, 2.24) is 5.16 Å². The Bertz CT molecular complexity index is 381. The van der Waals surface area contributed by atoms with Crippen LogP contribution < -0.4 is 10.0 Å². The van der Waals surface area contributed by atoms with Crippen molar-refractivity contribution in [3.05, 3.63) is 17.5 Å². The molecule has 0 bridgehead atoms. The Kier molecular flexibility index (Phi) is 3.78. The normalized spacial score (nSPS) is 24.8. The van der Waals surface area contributed by atoms with Gasteiger partial charge in [-0.15, -0.1) is 0 Å². The van der Waals surface area contributed by atoms with E-state index in [1.165, 1.54) is 4.90 Å². The van der Waals surface area contributed by atoms with Crippen LogP contribution in [0.15, 0.2) is 10.6 Å². The topological polar surface area (TPSA) is 70.6 Å². The number of nitrogens with one attached hydrogen (secondary N) is 1. The van der Waals surface area contributed by atoms with Crippen LogP contribution in [-0.2, 0) is 11.3 Å². The van der Waals surface area contributed by atoms with Crippen LogP contribution in [0.1, 0.15) is 30.7 Å². The van der Waals surface area contributed by atoms with E-state index in [0.717, 1.165) is 43.9 Å². The number of piperidine rings is 1. The van der Waals surface area contributed by atoms with Gasteiger partial charge in [-0.25, -0.2) is 0 Å². The number of carboxylic acids is 1. The van der Waals surface area contributed by atoms with Crippen LogP contribution in [0.25, 0.3) is 0 Å². The van der Waals surface area contributed by atoms with Gasteiger partial charge in [-0.05, 0) is 32.1 Å². The lowest BCUT2D eigenvalue weighted by molar-refractivity contribution is -0.920. The van der Waals surface area contributed by atoms with Crippen LogP contribution >= 0.6 is 0 Å². The van der Waals surface area contributed by atoms with Gasteiger partial charge < -0.3 is 19.3 Å². The molecule has 17 heavy (non-hydrogen) atoms. The van der Waals surface area contributed by atoms with Gasteiger partial charge in [0.25, 0.3) is 0 Å². The third-order valence-corrected chi connectivity index (χ3v) is 3.38. The number of hydrogen-bond donors (Lipinski definition) is 1. The van der Waals surface area contributed by atoms with E-state index in [4.69, 9.17) is 4.52 Å². The zero-order valence-electron chi connectivity index (χ0n) is 10.1. The minimum absolute atomic E-state index is 0.205. The Morgan fingerprint density at radius 3 is 2.82 bits per heavy atom. The van der Waals surface area contributed by atoms with Crippen molar-refractivity contribution >= 4 is 5.97 Å². The number of nitrogens with zero attached hydrogens (tertiary/aromatic N) is 1. The van der Waals surface area contributed by atoms with Gasteiger partial charge >= 0.3 is 0 Å². The third kappa shape index (κ3) is 3.56. The van der Waals surface area contributed by atoms with E-state index in [0.29, 0.717) is 5.92 Å². The van der Waals surface area contributed by atoms with Crippen molar-refractivity contribution in [2.24, 2.45) is 5.92 Å². The first kappa shape index (κ1) is 12.1. The van der Waals surface area contributed by atoms with Gasteiger partial charge in [0.2, 0.25) is 0 Å². The second-order valence-electron chi connectivity index (χ2n) is 4.88. The summed E-state index contributed by atoms with van der Waals surface area (Å²) in [6, 6.07) is 1.96. The summed E-state index contributed by atoms with van der Waals surface area (Å²) >= 11 is 0. The van der Waals surface area contributed by atoms with Gasteiger partial charge in [-0.1, -0.05) is 5.16 Å². The number of rotatable bonds is 4. The highest BCUT2D eigenvalue weighted by Crippen LogP contribution is 2.13. The fraction of sp³-hybridized carbons (Fsp3) is 0.667. The molecule has 0 aromatic carbocycles. The molecule has 0 atom stereocenters. The van der Waals surface area contributed by atoms with Crippen molar-refractivity contribution < 1.29 is 19.3 Å². The molecule has 2 heterocycles. The molecule has 2 rings (SSSR count). The average molecular weight is 238 g/mol. The Morgan fingerprint density at radius 1 is 1.59 bits per heavy atom. The van der Waals surface area contributed by atoms with E-state index in [1.54, 1.807) is 0 Å². The lowest BCUT2D eigenvalue weighted by Gasteiger charge is -2.28. The molecule has 0 unspecified atom stereocenters. The number of aromatic nitrogens is 1. The Balaban J connectivity index is 1.77. The average Bonchev–Trinajstić information content (AvgIpc) is 2.66. The van der Waals surface area contributed by atoms with E-state index < -0.39 is 5.97 Å². The maximum atomic E-state index is 10.5. The number of likely N-dealkylation sites (tertiary alicyclic amines) is 1. The Hall–Kier alpha value is -1.36. The molecule has 0 radical (unpaired) electrons. The molecule has 1 N–H and O–H groups in total. The molecular formula is C12H18N2O3.